The number of nitrogens with zero attached hydrogens (tertiary/aromatic N) is 4. The first-order valence-corrected chi connectivity index (χ1v) is 11.6. The van der Waals surface area contributed by atoms with Gasteiger partial charge in [0, 0.05) is 41.8 Å². The molecule has 5 rings (SSSR count). The zero-order valence-electron chi connectivity index (χ0n) is 16.9. The maximum atomic E-state index is 13.6. The highest BCUT2D eigenvalue weighted by molar-refractivity contribution is 7.89. The summed E-state index contributed by atoms with van der Waals surface area (Å²) in [7, 11) is -3.73. The maximum absolute atomic E-state index is 13.6. The van der Waals surface area contributed by atoms with Gasteiger partial charge in [0.1, 0.15) is 11.5 Å². The molecule has 0 radical (unpaired) electrons. The van der Waals surface area contributed by atoms with Gasteiger partial charge >= 0.3 is 0 Å². The second-order valence-electron chi connectivity index (χ2n) is 8.08. The van der Waals surface area contributed by atoms with Crippen LogP contribution in [0.25, 0.3) is 22.2 Å². The molecule has 1 saturated heterocycles. The van der Waals surface area contributed by atoms with Gasteiger partial charge in [0.15, 0.2) is 0 Å². The van der Waals surface area contributed by atoms with Crippen LogP contribution in [-0.2, 0) is 16.6 Å². The van der Waals surface area contributed by atoms with Gasteiger partial charge in [-0.2, -0.15) is 19.7 Å². The summed E-state index contributed by atoms with van der Waals surface area (Å²) in [4.78, 5) is 0.00630. The number of aromatic nitrogens is 4. The number of halogens is 1. The third-order valence-electron chi connectivity index (χ3n) is 5.94. The van der Waals surface area contributed by atoms with Crippen LogP contribution < -0.4 is 0 Å². The van der Waals surface area contributed by atoms with Crippen LogP contribution in [0.3, 0.4) is 0 Å². The fourth-order valence-corrected chi connectivity index (χ4v) is 6.23. The summed E-state index contributed by atoms with van der Waals surface area (Å²) in [6.45, 7) is 3.04. The summed E-state index contributed by atoms with van der Waals surface area (Å²) in [5, 5.41) is 11.7. The van der Waals surface area contributed by atoms with E-state index in [9.17, 15) is 12.8 Å². The lowest BCUT2D eigenvalue weighted by Crippen LogP contribution is -2.34. The van der Waals surface area contributed by atoms with E-state index >= 15 is 0 Å². The van der Waals surface area contributed by atoms with Crippen LogP contribution in [0.2, 0.25) is 0 Å². The summed E-state index contributed by atoms with van der Waals surface area (Å²) in [6.07, 6.45) is 4.47. The Morgan fingerprint density at radius 3 is 2.84 bits per heavy atom. The third-order valence-corrected chi connectivity index (χ3v) is 7.92. The number of benzene rings is 2. The number of aromatic amines is 1. The number of rotatable bonds is 5. The minimum Gasteiger partial charge on any atom is -0.347 e. The minimum absolute atomic E-state index is 0.00630. The first-order valence-electron chi connectivity index (χ1n) is 10.1. The number of hydrogen-bond donors (Lipinski definition) is 1. The van der Waals surface area contributed by atoms with Crippen LogP contribution in [0.4, 0.5) is 4.39 Å². The molecule has 0 amide bonds. The summed E-state index contributed by atoms with van der Waals surface area (Å²) >= 11 is 0. The Morgan fingerprint density at radius 1 is 1.19 bits per heavy atom. The van der Waals surface area contributed by atoms with Gasteiger partial charge in [-0.25, -0.2) is 12.8 Å². The van der Waals surface area contributed by atoms with Crippen LogP contribution in [0.15, 0.2) is 65.8 Å². The summed E-state index contributed by atoms with van der Waals surface area (Å²) in [5.74, 6) is -0.377. The fraction of sp³-hybridized carbons (Fsp3) is 0.273. The van der Waals surface area contributed by atoms with E-state index < -0.39 is 15.8 Å². The molecule has 9 heteroatoms. The molecule has 2 aromatic carbocycles. The Hall–Kier alpha value is -3.04. The zero-order chi connectivity index (χ0) is 21.6. The molecule has 1 aliphatic rings. The lowest BCUT2D eigenvalue weighted by molar-refractivity contribution is 0.399. The lowest BCUT2D eigenvalue weighted by atomic mass is 10.1. The van der Waals surface area contributed by atoms with E-state index in [1.165, 1.54) is 22.5 Å². The molecule has 1 N–H and O–H groups in total. The molecule has 2 atom stereocenters. The van der Waals surface area contributed by atoms with Crippen LogP contribution >= 0.6 is 0 Å². The normalized spacial score (nSPS) is 19.9. The van der Waals surface area contributed by atoms with Gasteiger partial charge in [-0.05, 0) is 55.7 Å². The van der Waals surface area contributed by atoms with E-state index in [-0.39, 0.29) is 16.9 Å². The predicted molar refractivity (Wildman–Crippen MR) is 115 cm³/mol. The quantitative estimate of drug-likeness (QED) is 0.514. The van der Waals surface area contributed by atoms with Crippen molar-refractivity contribution in [3.63, 3.8) is 0 Å². The minimum atomic E-state index is -3.73. The van der Waals surface area contributed by atoms with Gasteiger partial charge in [-0.15, -0.1) is 0 Å². The molecular weight excluding hydrogens is 417 g/mol. The van der Waals surface area contributed by atoms with E-state index in [4.69, 9.17) is 0 Å². The van der Waals surface area contributed by atoms with E-state index in [2.05, 4.69) is 38.2 Å². The average Bonchev–Trinajstić information content (AvgIpc) is 3.49. The Labute approximate surface area is 179 Å². The van der Waals surface area contributed by atoms with Crippen molar-refractivity contribution >= 4 is 20.9 Å². The van der Waals surface area contributed by atoms with Crippen molar-refractivity contribution in [3.8, 4) is 11.3 Å². The SMILES string of the molecule is C[C@@H]1C[C@H](Cn2ccc3cc(-c4cn[nH]n4)ccc32)CN1S(=O)(=O)c1cccc(F)c1. The van der Waals surface area contributed by atoms with E-state index in [0.29, 0.717) is 13.1 Å². The number of fused-ring (bicyclic) bond motifs is 1. The summed E-state index contributed by atoms with van der Waals surface area (Å²) in [5.41, 5.74) is 2.87. The second kappa shape index (κ2) is 7.58. The number of sulfonamides is 1. The zero-order valence-corrected chi connectivity index (χ0v) is 17.8. The van der Waals surface area contributed by atoms with Crippen molar-refractivity contribution in [3.05, 3.63) is 66.7 Å². The molecule has 1 aliphatic heterocycles. The van der Waals surface area contributed by atoms with Crippen molar-refractivity contribution in [1.29, 1.82) is 0 Å². The topological polar surface area (TPSA) is 83.9 Å². The largest absolute Gasteiger partial charge is 0.347 e. The van der Waals surface area contributed by atoms with Gasteiger partial charge in [0.25, 0.3) is 0 Å². The molecule has 0 unspecified atom stereocenters. The Balaban J connectivity index is 1.36. The van der Waals surface area contributed by atoms with Crippen molar-refractivity contribution < 1.29 is 12.8 Å². The molecular formula is C22H22FN5O2S. The fourth-order valence-electron chi connectivity index (χ4n) is 4.48. The molecule has 7 nitrogen and oxygen atoms in total. The molecule has 0 spiro atoms. The lowest BCUT2D eigenvalue weighted by Gasteiger charge is -2.21. The highest BCUT2D eigenvalue weighted by Gasteiger charge is 2.38. The van der Waals surface area contributed by atoms with Crippen molar-refractivity contribution in [2.75, 3.05) is 6.54 Å². The average molecular weight is 440 g/mol. The maximum Gasteiger partial charge on any atom is 0.243 e. The van der Waals surface area contributed by atoms with E-state index in [0.717, 1.165) is 34.6 Å². The van der Waals surface area contributed by atoms with E-state index in [1.54, 1.807) is 6.20 Å². The molecule has 4 aromatic rings. The monoisotopic (exact) mass is 439 g/mol. The van der Waals surface area contributed by atoms with Gasteiger partial charge in [0.2, 0.25) is 10.0 Å². The van der Waals surface area contributed by atoms with Crippen molar-refractivity contribution in [2.45, 2.75) is 30.8 Å². The Morgan fingerprint density at radius 2 is 2.06 bits per heavy atom. The van der Waals surface area contributed by atoms with Crippen LogP contribution in [0.5, 0.6) is 0 Å². The Kier molecular flexibility index (Phi) is 4.86. The van der Waals surface area contributed by atoms with E-state index in [1.807, 2.05) is 19.2 Å². The van der Waals surface area contributed by atoms with Crippen molar-refractivity contribution in [1.82, 2.24) is 24.3 Å². The molecule has 1 fully saturated rings. The summed E-state index contributed by atoms with van der Waals surface area (Å²) < 4.78 is 43.3. The van der Waals surface area contributed by atoms with Crippen molar-refractivity contribution in [2.24, 2.45) is 5.92 Å². The number of H-pyrrole nitrogens is 1. The van der Waals surface area contributed by atoms with Gasteiger partial charge in [-0.3, -0.25) is 0 Å². The molecule has 160 valence electrons. The van der Waals surface area contributed by atoms with Crippen LogP contribution in [-0.4, -0.2) is 45.3 Å². The first-order chi connectivity index (χ1) is 14.9. The molecule has 2 aromatic heterocycles. The van der Waals surface area contributed by atoms with Gasteiger partial charge < -0.3 is 4.57 Å². The molecule has 31 heavy (non-hydrogen) atoms. The number of hydrogen-bond acceptors (Lipinski definition) is 4. The molecule has 0 aliphatic carbocycles. The highest BCUT2D eigenvalue weighted by Crippen LogP contribution is 2.32. The van der Waals surface area contributed by atoms with Crippen LogP contribution in [0.1, 0.15) is 13.3 Å². The molecule has 0 saturated carbocycles. The smallest absolute Gasteiger partial charge is 0.243 e. The molecule has 0 bridgehead atoms. The second-order valence-corrected chi connectivity index (χ2v) is 9.97. The Bertz CT molecular complexity index is 1330. The number of nitrogens with one attached hydrogen (secondary N) is 1. The first kappa shape index (κ1) is 19.9. The summed E-state index contributed by atoms with van der Waals surface area (Å²) in [6, 6.07) is 13.3. The standard InChI is InChI=1S/C22H22FN5O2S/c1-15-9-16(14-28(15)31(29,30)20-4-2-3-19(23)11-20)13-27-8-7-18-10-17(5-6-22(18)27)21-12-24-26-25-21/h2-8,10-12,15-16H,9,13-14H2,1H3,(H,24,25,26)/t15-,16-/m1/s1. The highest BCUT2D eigenvalue weighted by atomic mass is 32.2. The van der Waals surface area contributed by atoms with Crippen LogP contribution in [0, 0.1) is 11.7 Å². The predicted octanol–water partition coefficient (Wildman–Crippen LogP) is 3.66. The third kappa shape index (κ3) is 3.64. The van der Waals surface area contributed by atoms with Gasteiger partial charge in [0.05, 0.1) is 11.1 Å². The van der Waals surface area contributed by atoms with Gasteiger partial charge in [-0.1, -0.05) is 12.1 Å². The molecule has 3 heterocycles.